The van der Waals surface area contributed by atoms with Crippen molar-refractivity contribution in [1.29, 1.82) is 0 Å². The van der Waals surface area contributed by atoms with Crippen LogP contribution in [0.25, 0.3) is 16.9 Å². The third kappa shape index (κ3) is 5.03. The van der Waals surface area contributed by atoms with Crippen LogP contribution in [0, 0.1) is 0 Å². The van der Waals surface area contributed by atoms with Crippen LogP contribution in [0.5, 0.6) is 0 Å². The van der Waals surface area contributed by atoms with Gasteiger partial charge in [0.2, 0.25) is 11.9 Å². The number of imidazole rings is 1. The Kier molecular flexibility index (Phi) is 6.73. The Labute approximate surface area is 200 Å². The van der Waals surface area contributed by atoms with Gasteiger partial charge in [-0.3, -0.25) is 9.36 Å². The van der Waals surface area contributed by atoms with E-state index in [1.807, 2.05) is 4.90 Å². The number of ether oxygens (including phenoxy) is 2. The van der Waals surface area contributed by atoms with E-state index in [0.717, 1.165) is 12.8 Å². The van der Waals surface area contributed by atoms with Crippen LogP contribution in [0.4, 0.5) is 20.5 Å². The third-order valence-electron chi connectivity index (χ3n) is 6.14. The molecule has 1 amide bonds. The Hall–Kier alpha value is -3.38. The molecule has 10 nitrogen and oxygen atoms in total. The fourth-order valence-corrected chi connectivity index (χ4v) is 4.41. The molecule has 0 bridgehead atoms. The number of carbonyl (C=O) groups is 1. The predicted molar refractivity (Wildman–Crippen MR) is 125 cm³/mol. The number of para-hydroxylation sites is 2. The highest BCUT2D eigenvalue weighted by Gasteiger charge is 2.31. The molecule has 1 aliphatic heterocycles. The second kappa shape index (κ2) is 10.1. The number of alkyl halides is 2. The summed E-state index contributed by atoms with van der Waals surface area (Å²) >= 11 is 0. The molecule has 3 aromatic rings. The number of hydrogen-bond acceptors (Lipinski definition) is 8. The normalized spacial score (nSPS) is 20.2. The standard InChI is InChI=1S/C23H27F2N7O3/c1-34-13-20(33)27-15-10-14(11-15)26-18-12-19(30-23(29-18)31-6-8-35-9-7-31)32-17-5-3-2-4-16(17)28-22(32)21(24)25/h2-5,12,14-15,21H,6-11,13H2,1H3,(H,27,33)(H,26,29,30). The first-order valence-electron chi connectivity index (χ1n) is 11.5. The number of carbonyl (C=O) groups excluding carboxylic acids is 1. The molecule has 0 radical (unpaired) electrons. The van der Waals surface area contributed by atoms with Gasteiger partial charge in [-0.1, -0.05) is 12.1 Å². The molecule has 35 heavy (non-hydrogen) atoms. The summed E-state index contributed by atoms with van der Waals surface area (Å²) < 4.78 is 39.6. The van der Waals surface area contributed by atoms with Gasteiger partial charge in [-0.25, -0.2) is 13.8 Å². The van der Waals surface area contributed by atoms with Gasteiger partial charge in [-0.05, 0) is 25.0 Å². The average molecular weight is 488 g/mol. The molecule has 1 saturated carbocycles. The van der Waals surface area contributed by atoms with Crippen molar-refractivity contribution >= 4 is 28.7 Å². The third-order valence-corrected chi connectivity index (χ3v) is 6.14. The first-order chi connectivity index (χ1) is 17.0. The second-order valence-electron chi connectivity index (χ2n) is 8.62. The van der Waals surface area contributed by atoms with Gasteiger partial charge in [0.25, 0.3) is 6.43 Å². The number of fused-ring (bicyclic) bond motifs is 1. The average Bonchev–Trinajstić information content (AvgIpc) is 3.23. The van der Waals surface area contributed by atoms with Crippen molar-refractivity contribution in [2.75, 3.05) is 50.2 Å². The van der Waals surface area contributed by atoms with Crippen molar-refractivity contribution in [3.05, 3.63) is 36.2 Å². The second-order valence-corrected chi connectivity index (χ2v) is 8.62. The van der Waals surface area contributed by atoms with Gasteiger partial charge in [0.15, 0.2) is 5.82 Å². The fraction of sp³-hybridized carbons (Fsp3) is 0.478. The fourth-order valence-electron chi connectivity index (χ4n) is 4.41. The Morgan fingerprint density at radius 2 is 1.94 bits per heavy atom. The van der Waals surface area contributed by atoms with Crippen molar-refractivity contribution in [2.45, 2.75) is 31.4 Å². The molecule has 1 aliphatic carbocycles. The number of halogens is 2. The largest absolute Gasteiger partial charge is 0.378 e. The summed E-state index contributed by atoms with van der Waals surface area (Å²) in [4.78, 5) is 27.2. The number of hydrogen-bond donors (Lipinski definition) is 2. The van der Waals surface area contributed by atoms with Gasteiger partial charge >= 0.3 is 0 Å². The molecule has 1 saturated heterocycles. The molecule has 12 heteroatoms. The van der Waals surface area contributed by atoms with Gasteiger partial charge in [0.1, 0.15) is 18.2 Å². The molecule has 2 fully saturated rings. The zero-order chi connectivity index (χ0) is 24.4. The monoisotopic (exact) mass is 487 g/mol. The van der Waals surface area contributed by atoms with Crippen molar-refractivity contribution in [1.82, 2.24) is 24.8 Å². The van der Waals surface area contributed by atoms with E-state index in [0.29, 0.717) is 54.9 Å². The summed E-state index contributed by atoms with van der Waals surface area (Å²) in [6.07, 6.45) is -1.33. The molecule has 3 heterocycles. The van der Waals surface area contributed by atoms with E-state index in [1.54, 1.807) is 30.3 Å². The van der Waals surface area contributed by atoms with E-state index in [4.69, 9.17) is 9.47 Å². The van der Waals surface area contributed by atoms with Crippen molar-refractivity contribution in [2.24, 2.45) is 0 Å². The maximum absolute atomic E-state index is 14.0. The Morgan fingerprint density at radius 3 is 2.69 bits per heavy atom. The summed E-state index contributed by atoms with van der Waals surface area (Å²) in [6, 6.07) is 8.80. The van der Waals surface area contributed by atoms with E-state index in [2.05, 4.69) is 25.6 Å². The Morgan fingerprint density at radius 1 is 1.17 bits per heavy atom. The highest BCUT2D eigenvalue weighted by molar-refractivity contribution is 5.78. The van der Waals surface area contributed by atoms with E-state index >= 15 is 0 Å². The quantitative estimate of drug-likeness (QED) is 0.499. The molecule has 5 rings (SSSR count). The van der Waals surface area contributed by atoms with Crippen LogP contribution in [0.2, 0.25) is 0 Å². The smallest absolute Gasteiger partial charge is 0.296 e. The Balaban J connectivity index is 1.45. The van der Waals surface area contributed by atoms with Crippen molar-refractivity contribution < 1.29 is 23.0 Å². The molecule has 0 atom stereocenters. The summed E-state index contributed by atoms with van der Waals surface area (Å²) in [5, 5.41) is 6.29. The van der Waals surface area contributed by atoms with E-state index in [9.17, 15) is 13.6 Å². The van der Waals surface area contributed by atoms with Crippen LogP contribution in [-0.4, -0.2) is 77.5 Å². The van der Waals surface area contributed by atoms with E-state index in [1.165, 1.54) is 11.7 Å². The summed E-state index contributed by atoms with van der Waals surface area (Å²) in [6.45, 7) is 2.31. The number of amides is 1. The molecule has 2 aromatic heterocycles. The topological polar surface area (TPSA) is 106 Å². The minimum absolute atomic E-state index is 0.0259. The number of aromatic nitrogens is 4. The maximum atomic E-state index is 14.0. The van der Waals surface area contributed by atoms with Crippen LogP contribution < -0.4 is 15.5 Å². The molecule has 1 aromatic carbocycles. The van der Waals surface area contributed by atoms with Crippen LogP contribution in [0.1, 0.15) is 25.1 Å². The van der Waals surface area contributed by atoms with E-state index < -0.39 is 6.43 Å². The number of benzene rings is 1. The highest BCUT2D eigenvalue weighted by atomic mass is 19.3. The van der Waals surface area contributed by atoms with Crippen LogP contribution in [0.3, 0.4) is 0 Å². The van der Waals surface area contributed by atoms with Crippen molar-refractivity contribution in [3.8, 4) is 5.82 Å². The zero-order valence-electron chi connectivity index (χ0n) is 19.3. The lowest BCUT2D eigenvalue weighted by Gasteiger charge is -2.36. The van der Waals surface area contributed by atoms with E-state index in [-0.39, 0.29) is 30.4 Å². The van der Waals surface area contributed by atoms with Gasteiger partial charge in [-0.2, -0.15) is 9.97 Å². The van der Waals surface area contributed by atoms with Gasteiger partial charge < -0.3 is 25.0 Å². The Bertz CT molecular complexity index is 1190. The number of anilines is 2. The number of rotatable bonds is 8. The van der Waals surface area contributed by atoms with Gasteiger partial charge in [0.05, 0.1) is 24.2 Å². The first kappa shape index (κ1) is 23.4. The molecule has 2 aliphatic rings. The summed E-state index contributed by atoms with van der Waals surface area (Å²) in [7, 11) is 1.48. The SMILES string of the molecule is COCC(=O)NC1CC(Nc2cc(-n3c(C(F)F)nc4ccccc43)nc(N3CCOCC3)n2)C1. The lowest BCUT2D eigenvalue weighted by Crippen LogP contribution is -2.50. The molecular weight excluding hydrogens is 460 g/mol. The van der Waals surface area contributed by atoms with Crippen LogP contribution in [-0.2, 0) is 14.3 Å². The number of morpholine rings is 1. The van der Waals surface area contributed by atoms with Crippen molar-refractivity contribution in [3.63, 3.8) is 0 Å². The maximum Gasteiger partial charge on any atom is 0.296 e. The lowest BCUT2D eigenvalue weighted by atomic mass is 9.86. The minimum atomic E-state index is -2.77. The molecule has 2 N–H and O–H groups in total. The first-order valence-corrected chi connectivity index (χ1v) is 11.5. The summed E-state index contributed by atoms with van der Waals surface area (Å²) in [5.41, 5.74) is 1.02. The number of nitrogens with one attached hydrogen (secondary N) is 2. The highest BCUT2D eigenvalue weighted by Crippen LogP contribution is 2.30. The minimum Gasteiger partial charge on any atom is -0.378 e. The zero-order valence-corrected chi connectivity index (χ0v) is 19.3. The molecule has 0 unspecified atom stereocenters. The van der Waals surface area contributed by atoms with Gasteiger partial charge in [-0.15, -0.1) is 0 Å². The number of nitrogens with zero attached hydrogens (tertiary/aromatic N) is 5. The van der Waals surface area contributed by atoms with Crippen LogP contribution in [0.15, 0.2) is 30.3 Å². The van der Waals surface area contributed by atoms with Gasteiger partial charge in [0, 0.05) is 38.3 Å². The summed E-state index contributed by atoms with van der Waals surface area (Å²) in [5.74, 6) is 0.767. The molecular formula is C23H27F2N7O3. The number of methoxy groups -OCH3 is 1. The van der Waals surface area contributed by atoms with Crippen LogP contribution >= 0.6 is 0 Å². The molecule has 0 spiro atoms. The lowest BCUT2D eigenvalue weighted by molar-refractivity contribution is -0.126. The molecule has 186 valence electrons. The predicted octanol–water partition coefficient (Wildman–Crippen LogP) is 2.30.